The van der Waals surface area contributed by atoms with Crippen LogP contribution in [0.5, 0.6) is 0 Å². The SMILES string of the molecule is CC[C@H](NC(=O)c1ccc(C#N)cc1)C(=O)N1CCC(OCC(=O)OC(C)(C)C)CC1. The van der Waals surface area contributed by atoms with E-state index in [2.05, 4.69) is 5.32 Å². The monoisotopic (exact) mass is 429 g/mol. The lowest BCUT2D eigenvalue weighted by atomic mass is 10.1. The molecule has 1 aliphatic rings. The maximum absolute atomic E-state index is 12.9. The standard InChI is InChI=1S/C23H31N3O5/c1-5-19(25-21(28)17-8-6-16(14-24)7-9-17)22(29)26-12-10-18(11-13-26)30-15-20(27)31-23(2,3)4/h6-9,18-19H,5,10-13,15H2,1-4H3,(H,25,28)/t19-/m0/s1. The van der Waals surface area contributed by atoms with E-state index in [9.17, 15) is 14.4 Å². The third-order valence-corrected chi connectivity index (χ3v) is 4.90. The minimum Gasteiger partial charge on any atom is -0.458 e. The first kappa shape index (κ1) is 24.4. The molecule has 168 valence electrons. The molecule has 1 aromatic rings. The summed E-state index contributed by atoms with van der Waals surface area (Å²) >= 11 is 0. The van der Waals surface area contributed by atoms with Crippen LogP contribution < -0.4 is 5.32 Å². The van der Waals surface area contributed by atoms with Crippen LogP contribution in [0.1, 0.15) is 62.9 Å². The van der Waals surface area contributed by atoms with Crippen LogP contribution in [0.4, 0.5) is 0 Å². The van der Waals surface area contributed by atoms with Gasteiger partial charge in [-0.05, 0) is 64.3 Å². The Morgan fingerprint density at radius 3 is 2.32 bits per heavy atom. The van der Waals surface area contributed by atoms with Gasteiger partial charge in [0.15, 0.2) is 0 Å². The zero-order valence-corrected chi connectivity index (χ0v) is 18.6. The van der Waals surface area contributed by atoms with Crippen molar-refractivity contribution in [2.45, 2.75) is 64.7 Å². The summed E-state index contributed by atoms with van der Waals surface area (Å²) in [5.74, 6) is -0.877. The van der Waals surface area contributed by atoms with E-state index >= 15 is 0 Å². The third kappa shape index (κ3) is 7.68. The van der Waals surface area contributed by atoms with Gasteiger partial charge in [-0.1, -0.05) is 6.92 Å². The smallest absolute Gasteiger partial charge is 0.332 e. The van der Waals surface area contributed by atoms with E-state index in [1.54, 1.807) is 49.9 Å². The molecule has 0 aromatic heterocycles. The molecule has 1 saturated heterocycles. The summed E-state index contributed by atoms with van der Waals surface area (Å²) in [5, 5.41) is 11.6. The third-order valence-electron chi connectivity index (χ3n) is 4.90. The average Bonchev–Trinajstić information content (AvgIpc) is 2.74. The minimum absolute atomic E-state index is 0.103. The number of esters is 1. The average molecular weight is 430 g/mol. The Kier molecular flexibility index (Phi) is 8.57. The molecule has 1 atom stereocenters. The highest BCUT2D eigenvalue weighted by atomic mass is 16.6. The van der Waals surface area contributed by atoms with Crippen molar-refractivity contribution in [3.05, 3.63) is 35.4 Å². The van der Waals surface area contributed by atoms with Crippen molar-refractivity contribution in [3.63, 3.8) is 0 Å². The van der Waals surface area contributed by atoms with Crippen LogP contribution in [0.3, 0.4) is 0 Å². The van der Waals surface area contributed by atoms with E-state index in [4.69, 9.17) is 14.7 Å². The second kappa shape index (κ2) is 10.9. The highest BCUT2D eigenvalue weighted by molar-refractivity contribution is 5.97. The van der Waals surface area contributed by atoms with Crippen LogP contribution in [0.15, 0.2) is 24.3 Å². The predicted octanol–water partition coefficient (Wildman–Crippen LogP) is 2.42. The van der Waals surface area contributed by atoms with Crippen molar-refractivity contribution in [2.75, 3.05) is 19.7 Å². The summed E-state index contributed by atoms with van der Waals surface area (Å²) < 4.78 is 10.9. The Bertz CT molecular complexity index is 815. The fraction of sp³-hybridized carbons (Fsp3) is 0.565. The molecule has 0 saturated carbocycles. The van der Waals surface area contributed by atoms with Crippen LogP contribution in [0.2, 0.25) is 0 Å². The number of carbonyl (C=O) groups excluding carboxylic acids is 3. The van der Waals surface area contributed by atoms with E-state index in [0.29, 0.717) is 43.5 Å². The first-order valence-corrected chi connectivity index (χ1v) is 10.6. The van der Waals surface area contributed by atoms with Gasteiger partial charge in [0.25, 0.3) is 5.91 Å². The Hall–Kier alpha value is -2.92. The molecule has 0 spiro atoms. The number of piperidine rings is 1. The van der Waals surface area contributed by atoms with Crippen LogP contribution in [-0.4, -0.2) is 60.1 Å². The van der Waals surface area contributed by atoms with Gasteiger partial charge in [-0.15, -0.1) is 0 Å². The molecule has 1 N–H and O–H groups in total. The maximum Gasteiger partial charge on any atom is 0.332 e. The molecule has 1 aliphatic heterocycles. The van der Waals surface area contributed by atoms with Crippen LogP contribution >= 0.6 is 0 Å². The zero-order valence-electron chi connectivity index (χ0n) is 18.6. The number of hydrogen-bond donors (Lipinski definition) is 1. The number of rotatable bonds is 7. The fourth-order valence-corrected chi connectivity index (χ4v) is 3.30. The number of nitriles is 1. The van der Waals surface area contributed by atoms with Gasteiger partial charge in [-0.2, -0.15) is 5.26 Å². The number of ether oxygens (including phenoxy) is 2. The Balaban J connectivity index is 1.82. The van der Waals surface area contributed by atoms with Gasteiger partial charge >= 0.3 is 5.97 Å². The molecule has 0 aliphatic carbocycles. The molecule has 2 rings (SSSR count). The normalized spacial score (nSPS) is 15.6. The van der Waals surface area contributed by atoms with Crippen molar-refractivity contribution in [3.8, 4) is 6.07 Å². The topological polar surface area (TPSA) is 109 Å². The minimum atomic E-state index is -0.623. The second-order valence-electron chi connectivity index (χ2n) is 8.55. The molecule has 2 amide bonds. The summed E-state index contributed by atoms with van der Waals surface area (Å²) in [6, 6.07) is 7.66. The van der Waals surface area contributed by atoms with Gasteiger partial charge in [-0.25, -0.2) is 4.79 Å². The predicted molar refractivity (Wildman–Crippen MR) is 114 cm³/mol. The molecule has 8 nitrogen and oxygen atoms in total. The zero-order chi connectivity index (χ0) is 23.0. The highest BCUT2D eigenvalue weighted by Gasteiger charge is 2.29. The van der Waals surface area contributed by atoms with Crippen molar-refractivity contribution >= 4 is 17.8 Å². The van der Waals surface area contributed by atoms with Crippen LogP contribution in [-0.2, 0) is 19.1 Å². The fourth-order valence-electron chi connectivity index (χ4n) is 3.30. The lowest BCUT2D eigenvalue weighted by Gasteiger charge is -2.34. The molecular formula is C23H31N3O5. The quantitative estimate of drug-likeness (QED) is 0.667. The van der Waals surface area contributed by atoms with E-state index in [0.717, 1.165) is 0 Å². The van der Waals surface area contributed by atoms with Gasteiger partial charge < -0.3 is 19.7 Å². The number of nitrogens with one attached hydrogen (secondary N) is 1. The molecule has 0 unspecified atom stereocenters. The molecular weight excluding hydrogens is 398 g/mol. The van der Waals surface area contributed by atoms with E-state index in [1.165, 1.54) is 0 Å². The number of carbonyl (C=O) groups is 3. The molecule has 31 heavy (non-hydrogen) atoms. The van der Waals surface area contributed by atoms with Gasteiger partial charge in [0, 0.05) is 18.7 Å². The summed E-state index contributed by atoms with van der Waals surface area (Å²) in [5.41, 5.74) is 0.323. The molecule has 0 radical (unpaired) electrons. The van der Waals surface area contributed by atoms with Gasteiger partial charge in [0.05, 0.1) is 17.7 Å². The Morgan fingerprint density at radius 1 is 1.19 bits per heavy atom. The number of nitrogens with zero attached hydrogens (tertiary/aromatic N) is 2. The van der Waals surface area contributed by atoms with E-state index in [-0.39, 0.29) is 24.5 Å². The van der Waals surface area contributed by atoms with E-state index < -0.39 is 17.6 Å². The Labute approximate surface area is 183 Å². The number of hydrogen-bond acceptors (Lipinski definition) is 6. The number of benzene rings is 1. The van der Waals surface area contributed by atoms with Crippen molar-refractivity contribution in [1.29, 1.82) is 5.26 Å². The van der Waals surface area contributed by atoms with Crippen molar-refractivity contribution in [2.24, 2.45) is 0 Å². The first-order valence-electron chi connectivity index (χ1n) is 10.6. The summed E-state index contributed by atoms with van der Waals surface area (Å²) in [6.07, 6.45) is 1.60. The molecule has 1 heterocycles. The number of amides is 2. The van der Waals surface area contributed by atoms with Gasteiger partial charge in [-0.3, -0.25) is 9.59 Å². The number of likely N-dealkylation sites (tertiary alicyclic amines) is 1. The molecule has 1 aromatic carbocycles. The molecule has 0 bridgehead atoms. The highest BCUT2D eigenvalue weighted by Crippen LogP contribution is 2.16. The lowest BCUT2D eigenvalue weighted by Crippen LogP contribution is -2.51. The van der Waals surface area contributed by atoms with Gasteiger partial charge in [0.2, 0.25) is 5.91 Å². The summed E-state index contributed by atoms with van der Waals surface area (Å²) in [4.78, 5) is 38.9. The first-order chi connectivity index (χ1) is 14.6. The lowest BCUT2D eigenvalue weighted by molar-refractivity contribution is -0.163. The van der Waals surface area contributed by atoms with E-state index in [1.807, 2.05) is 13.0 Å². The van der Waals surface area contributed by atoms with Crippen molar-refractivity contribution < 1.29 is 23.9 Å². The maximum atomic E-state index is 12.9. The molecule has 8 heteroatoms. The second-order valence-corrected chi connectivity index (χ2v) is 8.55. The summed E-state index contributed by atoms with van der Waals surface area (Å²) in [6.45, 7) is 8.16. The molecule has 1 fully saturated rings. The van der Waals surface area contributed by atoms with Crippen LogP contribution in [0.25, 0.3) is 0 Å². The van der Waals surface area contributed by atoms with Gasteiger partial charge in [0.1, 0.15) is 18.2 Å². The summed E-state index contributed by atoms with van der Waals surface area (Å²) in [7, 11) is 0. The Morgan fingerprint density at radius 2 is 1.81 bits per heavy atom. The van der Waals surface area contributed by atoms with Crippen molar-refractivity contribution in [1.82, 2.24) is 10.2 Å². The largest absolute Gasteiger partial charge is 0.458 e. The van der Waals surface area contributed by atoms with Crippen LogP contribution in [0, 0.1) is 11.3 Å².